The largest absolute Gasteiger partial charge is 0.339 e. The van der Waals surface area contributed by atoms with Crippen LogP contribution in [0.3, 0.4) is 0 Å². The summed E-state index contributed by atoms with van der Waals surface area (Å²) in [4.78, 5) is 0. The van der Waals surface area contributed by atoms with E-state index in [1.54, 1.807) is 0 Å². The van der Waals surface area contributed by atoms with Gasteiger partial charge in [0.25, 0.3) is 0 Å². The Morgan fingerprint density at radius 3 is 2.36 bits per heavy atom. The highest BCUT2D eigenvalue weighted by Crippen LogP contribution is 2.19. The van der Waals surface area contributed by atoms with Gasteiger partial charge < -0.3 is 5.32 Å². The number of thiocarbonyl (C=S) groups is 1. The van der Waals surface area contributed by atoms with E-state index in [4.69, 9.17) is 12.2 Å². The number of aryl methyl sites for hydroxylation is 1. The molecule has 3 N–H and O–H groups in total. The first-order chi connectivity index (χ1) is 6.60. The molecule has 0 bridgehead atoms. The second kappa shape index (κ2) is 3.22. The Kier molecular flexibility index (Phi) is 2.17. The molecule has 14 heavy (non-hydrogen) atoms. The van der Waals surface area contributed by atoms with Crippen molar-refractivity contribution in [2.45, 2.75) is 19.5 Å². The van der Waals surface area contributed by atoms with Gasteiger partial charge in [-0.2, -0.15) is 0 Å². The van der Waals surface area contributed by atoms with Gasteiger partial charge in [0.1, 0.15) is 5.66 Å². The lowest BCUT2D eigenvalue weighted by atomic mass is 10.0. The Balaban J connectivity index is 2.30. The molecule has 2 rings (SSSR count). The van der Waals surface area contributed by atoms with Gasteiger partial charge in [0.05, 0.1) is 0 Å². The summed E-state index contributed by atoms with van der Waals surface area (Å²) in [5, 5.41) is 3.81. The van der Waals surface area contributed by atoms with Crippen molar-refractivity contribution < 1.29 is 0 Å². The van der Waals surface area contributed by atoms with Crippen LogP contribution in [0, 0.1) is 6.92 Å². The molecule has 0 aliphatic carbocycles. The summed E-state index contributed by atoms with van der Waals surface area (Å²) < 4.78 is 0. The molecular formula is C10H13N3S. The van der Waals surface area contributed by atoms with Gasteiger partial charge in [0.2, 0.25) is 0 Å². The van der Waals surface area contributed by atoms with Gasteiger partial charge in [-0.3, -0.25) is 5.43 Å². The Hall–Kier alpha value is -1.13. The Labute approximate surface area is 88.9 Å². The highest BCUT2D eigenvalue weighted by atomic mass is 32.1. The molecule has 1 heterocycles. The molecule has 1 aromatic carbocycles. The zero-order chi connectivity index (χ0) is 10.2. The van der Waals surface area contributed by atoms with Crippen LogP contribution in [0.15, 0.2) is 24.3 Å². The standard InChI is InChI=1S/C10H13N3S/c1-7-3-5-8(6-4-7)10(2)11-9(14)12-13-10/h3-6,13H,1-2H3,(H2,11,12,14). The number of nitrogens with one attached hydrogen (secondary N) is 3. The molecule has 0 radical (unpaired) electrons. The first-order valence-electron chi connectivity index (χ1n) is 4.53. The predicted octanol–water partition coefficient (Wildman–Crippen LogP) is 1.15. The van der Waals surface area contributed by atoms with E-state index in [1.165, 1.54) is 5.56 Å². The summed E-state index contributed by atoms with van der Waals surface area (Å²) in [6, 6.07) is 8.35. The Bertz CT molecular complexity index is 360. The monoisotopic (exact) mass is 207 g/mol. The average molecular weight is 207 g/mol. The molecule has 0 amide bonds. The minimum absolute atomic E-state index is 0.301. The van der Waals surface area contributed by atoms with Crippen molar-refractivity contribution in [1.29, 1.82) is 0 Å². The molecule has 1 atom stereocenters. The van der Waals surface area contributed by atoms with E-state index < -0.39 is 0 Å². The van der Waals surface area contributed by atoms with Crippen LogP contribution >= 0.6 is 12.2 Å². The number of benzene rings is 1. The van der Waals surface area contributed by atoms with Crippen LogP contribution in [0.4, 0.5) is 0 Å². The third-order valence-corrected chi connectivity index (χ3v) is 2.62. The van der Waals surface area contributed by atoms with Crippen LogP contribution in [-0.2, 0) is 5.66 Å². The molecular weight excluding hydrogens is 194 g/mol. The third kappa shape index (κ3) is 1.58. The first-order valence-corrected chi connectivity index (χ1v) is 4.93. The second-order valence-electron chi connectivity index (χ2n) is 3.70. The lowest BCUT2D eigenvalue weighted by Gasteiger charge is -2.23. The Morgan fingerprint density at radius 1 is 1.21 bits per heavy atom. The minimum Gasteiger partial charge on any atom is -0.339 e. The quantitative estimate of drug-likeness (QED) is 0.604. The molecule has 1 saturated heterocycles. The summed E-state index contributed by atoms with van der Waals surface area (Å²) in [5.74, 6) is 0. The normalized spacial score (nSPS) is 25.7. The zero-order valence-electron chi connectivity index (χ0n) is 8.22. The SMILES string of the molecule is Cc1ccc(C2(C)NNC(=S)N2)cc1. The van der Waals surface area contributed by atoms with Crippen LogP contribution in [0.1, 0.15) is 18.1 Å². The number of hydrazine groups is 1. The third-order valence-electron chi connectivity index (χ3n) is 2.42. The Morgan fingerprint density at radius 2 is 1.86 bits per heavy atom. The summed E-state index contributed by atoms with van der Waals surface area (Å²) in [7, 11) is 0. The summed E-state index contributed by atoms with van der Waals surface area (Å²) in [6.45, 7) is 4.12. The maximum Gasteiger partial charge on any atom is 0.182 e. The summed E-state index contributed by atoms with van der Waals surface area (Å²) >= 11 is 5.01. The summed E-state index contributed by atoms with van der Waals surface area (Å²) in [5.41, 5.74) is 8.13. The van der Waals surface area contributed by atoms with Crippen molar-refractivity contribution in [3.05, 3.63) is 35.4 Å². The molecule has 0 spiro atoms. The van der Waals surface area contributed by atoms with Crippen LogP contribution in [-0.4, -0.2) is 5.11 Å². The van der Waals surface area contributed by atoms with Gasteiger partial charge in [-0.1, -0.05) is 29.8 Å². The van der Waals surface area contributed by atoms with Crippen molar-refractivity contribution in [1.82, 2.24) is 16.2 Å². The van der Waals surface area contributed by atoms with Gasteiger partial charge in [-0.25, -0.2) is 5.43 Å². The van der Waals surface area contributed by atoms with Crippen LogP contribution < -0.4 is 16.2 Å². The maximum absolute atomic E-state index is 5.01. The number of hydrogen-bond acceptors (Lipinski definition) is 2. The van der Waals surface area contributed by atoms with Crippen molar-refractivity contribution in [2.24, 2.45) is 0 Å². The number of hydrogen-bond donors (Lipinski definition) is 3. The van der Waals surface area contributed by atoms with E-state index in [9.17, 15) is 0 Å². The molecule has 0 aromatic heterocycles. The fourth-order valence-electron chi connectivity index (χ4n) is 1.50. The van der Waals surface area contributed by atoms with Gasteiger partial charge >= 0.3 is 0 Å². The van der Waals surface area contributed by atoms with E-state index in [-0.39, 0.29) is 5.66 Å². The van der Waals surface area contributed by atoms with Crippen molar-refractivity contribution >= 4 is 17.3 Å². The van der Waals surface area contributed by atoms with Crippen molar-refractivity contribution in [3.63, 3.8) is 0 Å². The zero-order valence-corrected chi connectivity index (χ0v) is 9.03. The fourth-order valence-corrected chi connectivity index (χ4v) is 1.76. The first kappa shape index (κ1) is 9.43. The predicted molar refractivity (Wildman–Crippen MR) is 60.5 cm³/mol. The maximum atomic E-state index is 5.01. The lowest BCUT2D eigenvalue weighted by Crippen LogP contribution is -2.44. The second-order valence-corrected chi connectivity index (χ2v) is 4.10. The van der Waals surface area contributed by atoms with Crippen LogP contribution in [0.5, 0.6) is 0 Å². The molecule has 0 saturated carbocycles. The topological polar surface area (TPSA) is 36.1 Å². The molecule has 1 aliphatic heterocycles. The molecule has 4 heteroatoms. The van der Waals surface area contributed by atoms with Crippen LogP contribution in [0.25, 0.3) is 0 Å². The van der Waals surface area contributed by atoms with Gasteiger partial charge in [0.15, 0.2) is 5.11 Å². The van der Waals surface area contributed by atoms with E-state index in [0.29, 0.717) is 5.11 Å². The molecule has 1 aliphatic rings. The molecule has 3 nitrogen and oxygen atoms in total. The van der Waals surface area contributed by atoms with Crippen molar-refractivity contribution in [2.75, 3.05) is 0 Å². The summed E-state index contributed by atoms with van der Waals surface area (Å²) in [6.07, 6.45) is 0. The van der Waals surface area contributed by atoms with E-state index in [1.807, 2.05) is 6.92 Å². The average Bonchev–Trinajstić information content (AvgIpc) is 2.48. The van der Waals surface area contributed by atoms with E-state index >= 15 is 0 Å². The van der Waals surface area contributed by atoms with E-state index in [0.717, 1.165) is 5.56 Å². The molecule has 1 aromatic rings. The molecule has 74 valence electrons. The van der Waals surface area contributed by atoms with Gasteiger partial charge in [0, 0.05) is 0 Å². The van der Waals surface area contributed by atoms with Crippen molar-refractivity contribution in [3.8, 4) is 0 Å². The highest BCUT2D eigenvalue weighted by Gasteiger charge is 2.31. The van der Waals surface area contributed by atoms with Crippen LogP contribution in [0.2, 0.25) is 0 Å². The molecule has 1 fully saturated rings. The fraction of sp³-hybridized carbons (Fsp3) is 0.300. The van der Waals surface area contributed by atoms with Gasteiger partial charge in [-0.15, -0.1) is 0 Å². The van der Waals surface area contributed by atoms with E-state index in [2.05, 4.69) is 47.4 Å². The lowest BCUT2D eigenvalue weighted by molar-refractivity contribution is 0.371. The highest BCUT2D eigenvalue weighted by molar-refractivity contribution is 7.80. The number of rotatable bonds is 1. The smallest absolute Gasteiger partial charge is 0.182 e. The minimum atomic E-state index is -0.301. The van der Waals surface area contributed by atoms with Gasteiger partial charge in [-0.05, 0) is 31.6 Å². The molecule has 1 unspecified atom stereocenters.